The standard InChI is InChI=1S/C14H11NOS/c1-9-6-7-10(8-12(9)16)14-15-11-4-2-3-5-13(11)17-14/h2-8,16H,1H3. The van der Waals surface area contributed by atoms with E-state index in [4.69, 9.17) is 0 Å². The second-order valence-corrected chi connectivity index (χ2v) is 5.02. The maximum absolute atomic E-state index is 9.71. The Hall–Kier alpha value is -1.87. The number of para-hydroxylation sites is 1. The van der Waals surface area contributed by atoms with Crippen molar-refractivity contribution in [1.29, 1.82) is 0 Å². The van der Waals surface area contributed by atoms with Crippen molar-refractivity contribution in [3.63, 3.8) is 0 Å². The molecule has 1 heterocycles. The zero-order valence-electron chi connectivity index (χ0n) is 9.34. The van der Waals surface area contributed by atoms with Crippen LogP contribution < -0.4 is 0 Å². The second kappa shape index (κ2) is 3.86. The topological polar surface area (TPSA) is 33.1 Å². The number of phenols is 1. The SMILES string of the molecule is Cc1ccc(-c2nc3ccccc3s2)cc1O. The van der Waals surface area contributed by atoms with Gasteiger partial charge in [-0.3, -0.25) is 0 Å². The van der Waals surface area contributed by atoms with Crippen LogP contribution in [0, 0.1) is 6.92 Å². The second-order valence-electron chi connectivity index (χ2n) is 3.99. The molecule has 0 saturated carbocycles. The van der Waals surface area contributed by atoms with Crippen LogP contribution in [0.15, 0.2) is 42.5 Å². The highest BCUT2D eigenvalue weighted by Crippen LogP contribution is 2.32. The lowest BCUT2D eigenvalue weighted by atomic mass is 10.1. The van der Waals surface area contributed by atoms with Gasteiger partial charge in [-0.25, -0.2) is 4.98 Å². The number of hydrogen-bond acceptors (Lipinski definition) is 3. The summed E-state index contributed by atoms with van der Waals surface area (Å²) in [5.41, 5.74) is 2.86. The fraction of sp³-hybridized carbons (Fsp3) is 0.0714. The molecular formula is C14H11NOS. The highest BCUT2D eigenvalue weighted by atomic mass is 32.1. The molecule has 0 atom stereocenters. The van der Waals surface area contributed by atoms with E-state index < -0.39 is 0 Å². The highest BCUT2D eigenvalue weighted by Gasteiger charge is 2.07. The van der Waals surface area contributed by atoms with Gasteiger partial charge in [0.05, 0.1) is 10.2 Å². The molecule has 0 aliphatic carbocycles. The predicted molar refractivity (Wildman–Crippen MR) is 71.5 cm³/mol. The van der Waals surface area contributed by atoms with Crippen LogP contribution in [0.1, 0.15) is 5.56 Å². The summed E-state index contributed by atoms with van der Waals surface area (Å²) in [5.74, 6) is 0.321. The van der Waals surface area contributed by atoms with Gasteiger partial charge in [0.1, 0.15) is 10.8 Å². The highest BCUT2D eigenvalue weighted by molar-refractivity contribution is 7.21. The Morgan fingerprint density at radius 3 is 2.71 bits per heavy atom. The number of hydrogen-bond donors (Lipinski definition) is 1. The van der Waals surface area contributed by atoms with E-state index in [1.54, 1.807) is 17.4 Å². The summed E-state index contributed by atoms with van der Waals surface area (Å²) in [4.78, 5) is 4.56. The van der Waals surface area contributed by atoms with E-state index in [2.05, 4.69) is 11.1 Å². The smallest absolute Gasteiger partial charge is 0.124 e. The number of thiazole rings is 1. The monoisotopic (exact) mass is 241 g/mol. The average molecular weight is 241 g/mol. The molecule has 0 aliphatic rings. The van der Waals surface area contributed by atoms with Crippen LogP contribution in [-0.2, 0) is 0 Å². The number of phenolic OH excluding ortho intramolecular Hbond substituents is 1. The molecule has 0 fully saturated rings. The summed E-state index contributed by atoms with van der Waals surface area (Å²) in [6.45, 7) is 1.89. The molecule has 17 heavy (non-hydrogen) atoms. The Bertz CT molecular complexity index is 655. The van der Waals surface area contributed by atoms with Gasteiger partial charge in [0.25, 0.3) is 0 Å². The van der Waals surface area contributed by atoms with Crippen molar-refractivity contribution in [1.82, 2.24) is 4.98 Å². The van der Waals surface area contributed by atoms with E-state index in [-0.39, 0.29) is 0 Å². The number of aromatic hydroxyl groups is 1. The van der Waals surface area contributed by atoms with Crippen molar-refractivity contribution >= 4 is 21.6 Å². The quantitative estimate of drug-likeness (QED) is 0.699. The van der Waals surface area contributed by atoms with Gasteiger partial charge in [0.15, 0.2) is 0 Å². The molecule has 3 rings (SSSR count). The summed E-state index contributed by atoms with van der Waals surface area (Å²) in [5, 5.41) is 10.7. The van der Waals surface area contributed by atoms with Gasteiger partial charge in [-0.15, -0.1) is 11.3 Å². The van der Waals surface area contributed by atoms with E-state index in [0.717, 1.165) is 21.7 Å². The van der Waals surface area contributed by atoms with Crippen molar-refractivity contribution in [3.05, 3.63) is 48.0 Å². The molecule has 84 valence electrons. The molecule has 3 aromatic rings. The first kappa shape index (κ1) is 10.3. The average Bonchev–Trinajstić information content (AvgIpc) is 2.76. The zero-order chi connectivity index (χ0) is 11.8. The van der Waals surface area contributed by atoms with Gasteiger partial charge in [-0.1, -0.05) is 24.3 Å². The summed E-state index contributed by atoms with van der Waals surface area (Å²) < 4.78 is 1.17. The van der Waals surface area contributed by atoms with Crippen molar-refractivity contribution in [3.8, 4) is 16.3 Å². The predicted octanol–water partition coefficient (Wildman–Crippen LogP) is 3.98. The first-order valence-corrected chi connectivity index (χ1v) is 6.21. The number of aromatic nitrogens is 1. The van der Waals surface area contributed by atoms with Gasteiger partial charge in [0, 0.05) is 5.56 Å². The van der Waals surface area contributed by atoms with Gasteiger partial charge in [-0.05, 0) is 30.7 Å². The van der Waals surface area contributed by atoms with Crippen LogP contribution in [0.3, 0.4) is 0 Å². The number of aryl methyl sites for hydroxylation is 1. The Morgan fingerprint density at radius 2 is 1.94 bits per heavy atom. The first-order valence-electron chi connectivity index (χ1n) is 5.39. The first-order chi connectivity index (χ1) is 8.24. The van der Waals surface area contributed by atoms with Crippen LogP contribution in [-0.4, -0.2) is 10.1 Å². The van der Waals surface area contributed by atoms with Crippen molar-refractivity contribution < 1.29 is 5.11 Å². The number of benzene rings is 2. The fourth-order valence-electron chi connectivity index (χ4n) is 1.74. The molecule has 0 bridgehead atoms. The minimum atomic E-state index is 0.321. The number of nitrogens with zero attached hydrogens (tertiary/aromatic N) is 1. The van der Waals surface area contributed by atoms with Crippen molar-refractivity contribution in [2.45, 2.75) is 6.92 Å². The third kappa shape index (κ3) is 1.78. The lowest BCUT2D eigenvalue weighted by Crippen LogP contribution is -1.78. The molecule has 2 aromatic carbocycles. The molecule has 0 unspecified atom stereocenters. The Labute approximate surface area is 103 Å². The largest absolute Gasteiger partial charge is 0.508 e. The zero-order valence-corrected chi connectivity index (χ0v) is 10.2. The van der Waals surface area contributed by atoms with Gasteiger partial charge in [0.2, 0.25) is 0 Å². The van der Waals surface area contributed by atoms with Gasteiger partial charge < -0.3 is 5.11 Å². The maximum atomic E-state index is 9.71. The van der Waals surface area contributed by atoms with Crippen LogP contribution in [0.2, 0.25) is 0 Å². The Balaban J connectivity index is 2.17. The summed E-state index contributed by atoms with van der Waals surface area (Å²) in [6.07, 6.45) is 0. The van der Waals surface area contributed by atoms with E-state index in [9.17, 15) is 5.11 Å². The molecule has 0 aliphatic heterocycles. The lowest BCUT2D eigenvalue weighted by Gasteiger charge is -2.00. The Morgan fingerprint density at radius 1 is 1.12 bits per heavy atom. The van der Waals surface area contributed by atoms with E-state index >= 15 is 0 Å². The normalized spacial score (nSPS) is 10.9. The molecule has 0 amide bonds. The summed E-state index contributed by atoms with van der Waals surface area (Å²) >= 11 is 1.64. The van der Waals surface area contributed by atoms with Gasteiger partial charge in [-0.2, -0.15) is 0 Å². The van der Waals surface area contributed by atoms with Crippen molar-refractivity contribution in [2.24, 2.45) is 0 Å². The van der Waals surface area contributed by atoms with Crippen LogP contribution in [0.5, 0.6) is 5.75 Å². The van der Waals surface area contributed by atoms with Crippen LogP contribution in [0.25, 0.3) is 20.8 Å². The van der Waals surface area contributed by atoms with E-state index in [0.29, 0.717) is 5.75 Å². The minimum Gasteiger partial charge on any atom is -0.508 e. The van der Waals surface area contributed by atoms with Gasteiger partial charge >= 0.3 is 0 Å². The molecule has 1 aromatic heterocycles. The van der Waals surface area contributed by atoms with E-state index in [1.807, 2.05) is 37.3 Å². The summed E-state index contributed by atoms with van der Waals surface area (Å²) in [7, 11) is 0. The third-order valence-corrected chi connectivity index (χ3v) is 3.84. The minimum absolute atomic E-state index is 0.321. The Kier molecular flexibility index (Phi) is 2.34. The van der Waals surface area contributed by atoms with Crippen LogP contribution in [0.4, 0.5) is 0 Å². The summed E-state index contributed by atoms with van der Waals surface area (Å²) in [6, 6.07) is 13.7. The fourth-order valence-corrected chi connectivity index (χ4v) is 2.70. The molecular weight excluding hydrogens is 230 g/mol. The van der Waals surface area contributed by atoms with E-state index in [1.165, 1.54) is 4.70 Å². The van der Waals surface area contributed by atoms with Crippen LogP contribution >= 0.6 is 11.3 Å². The molecule has 2 nitrogen and oxygen atoms in total. The molecule has 0 radical (unpaired) electrons. The molecule has 3 heteroatoms. The molecule has 0 spiro atoms. The lowest BCUT2D eigenvalue weighted by molar-refractivity contribution is 0.471. The molecule has 0 saturated heterocycles. The number of rotatable bonds is 1. The maximum Gasteiger partial charge on any atom is 0.124 e. The van der Waals surface area contributed by atoms with Crippen molar-refractivity contribution in [2.75, 3.05) is 0 Å². The third-order valence-electron chi connectivity index (χ3n) is 2.75. The number of fused-ring (bicyclic) bond motifs is 1. The molecule has 1 N–H and O–H groups in total.